The van der Waals surface area contributed by atoms with Gasteiger partial charge in [0.05, 0.1) is 38.0 Å². The summed E-state index contributed by atoms with van der Waals surface area (Å²) in [6, 6.07) is 5.74. The summed E-state index contributed by atoms with van der Waals surface area (Å²) in [6.45, 7) is 3.59. The molecule has 0 saturated carbocycles. The van der Waals surface area contributed by atoms with E-state index in [4.69, 9.17) is 13.6 Å². The third kappa shape index (κ3) is 3.11. The zero-order valence-electron chi connectivity index (χ0n) is 16.3. The van der Waals surface area contributed by atoms with E-state index in [-0.39, 0.29) is 11.6 Å². The molecule has 0 bridgehead atoms. The van der Waals surface area contributed by atoms with Crippen LogP contribution in [0, 0.1) is 0 Å². The number of carbonyl (C=O) groups is 1. The Bertz CT molecular complexity index is 971. The Hall–Kier alpha value is -3.07. The van der Waals surface area contributed by atoms with Crippen molar-refractivity contribution < 1.29 is 18.4 Å². The van der Waals surface area contributed by atoms with Crippen LogP contribution >= 0.6 is 0 Å². The molecule has 0 aliphatic carbocycles. The molecule has 0 aromatic carbocycles. The second kappa shape index (κ2) is 7.07. The predicted octanol–water partition coefficient (Wildman–Crippen LogP) is 2.70. The molecular formula is C20H23N5O4. The van der Waals surface area contributed by atoms with Crippen molar-refractivity contribution in [3.05, 3.63) is 48.4 Å². The van der Waals surface area contributed by atoms with Crippen LogP contribution in [-0.4, -0.2) is 57.4 Å². The standard InChI is InChI=1S/C20H23N5O4/c1-27-19(26)24-12-17-21-22-18(16-3-2-9-29-16)25(17)20(14-24)5-7-23(8-6-20)11-15-4-10-28-13-15/h2-4,9-10,13H,5-8,11-12,14H2,1H3. The van der Waals surface area contributed by atoms with E-state index in [0.717, 1.165) is 44.1 Å². The van der Waals surface area contributed by atoms with Gasteiger partial charge in [0.15, 0.2) is 17.4 Å². The molecule has 0 N–H and O–H groups in total. The molecule has 1 amide bonds. The van der Waals surface area contributed by atoms with Crippen molar-refractivity contribution in [3.8, 4) is 11.6 Å². The van der Waals surface area contributed by atoms with Crippen LogP contribution in [0.1, 0.15) is 24.2 Å². The van der Waals surface area contributed by atoms with E-state index in [2.05, 4.69) is 19.7 Å². The van der Waals surface area contributed by atoms with Crippen molar-refractivity contribution in [3.63, 3.8) is 0 Å². The first-order chi connectivity index (χ1) is 14.2. The zero-order chi connectivity index (χ0) is 19.8. The molecular weight excluding hydrogens is 374 g/mol. The highest BCUT2D eigenvalue weighted by atomic mass is 16.5. The summed E-state index contributed by atoms with van der Waals surface area (Å²) < 4.78 is 18.0. The lowest BCUT2D eigenvalue weighted by Gasteiger charge is -2.48. The number of furan rings is 2. The molecule has 9 nitrogen and oxygen atoms in total. The van der Waals surface area contributed by atoms with Gasteiger partial charge in [-0.3, -0.25) is 14.4 Å². The fourth-order valence-electron chi connectivity index (χ4n) is 4.54. The van der Waals surface area contributed by atoms with E-state index in [1.165, 1.54) is 12.7 Å². The van der Waals surface area contributed by atoms with Crippen molar-refractivity contribution in [2.45, 2.75) is 31.5 Å². The number of carbonyl (C=O) groups excluding carboxylic acids is 1. The number of rotatable bonds is 3. The first-order valence-corrected chi connectivity index (χ1v) is 9.73. The van der Waals surface area contributed by atoms with E-state index in [1.807, 2.05) is 18.2 Å². The number of amides is 1. The van der Waals surface area contributed by atoms with Gasteiger partial charge in [-0.2, -0.15) is 0 Å². The molecule has 5 rings (SSSR count). The predicted molar refractivity (Wildman–Crippen MR) is 102 cm³/mol. The van der Waals surface area contributed by atoms with Gasteiger partial charge in [0.2, 0.25) is 0 Å². The zero-order valence-corrected chi connectivity index (χ0v) is 16.3. The van der Waals surface area contributed by atoms with Gasteiger partial charge >= 0.3 is 6.09 Å². The third-order valence-corrected chi connectivity index (χ3v) is 5.97. The maximum Gasteiger partial charge on any atom is 0.409 e. The van der Waals surface area contributed by atoms with Crippen molar-refractivity contribution in [1.29, 1.82) is 0 Å². The van der Waals surface area contributed by atoms with Gasteiger partial charge in [0, 0.05) is 31.7 Å². The molecule has 0 radical (unpaired) electrons. The van der Waals surface area contributed by atoms with Gasteiger partial charge in [0.1, 0.15) is 0 Å². The lowest BCUT2D eigenvalue weighted by Crippen LogP contribution is -2.57. The highest BCUT2D eigenvalue weighted by Gasteiger charge is 2.46. The Labute approximate surface area is 167 Å². The SMILES string of the molecule is COC(=O)N1Cc2nnc(-c3ccco3)n2C2(CCN(Cc3ccoc3)CC2)C1. The second-order valence-corrected chi connectivity index (χ2v) is 7.71. The summed E-state index contributed by atoms with van der Waals surface area (Å²) >= 11 is 0. The fourth-order valence-corrected chi connectivity index (χ4v) is 4.54. The quantitative estimate of drug-likeness (QED) is 0.671. The molecule has 2 aliphatic heterocycles. The van der Waals surface area contributed by atoms with E-state index < -0.39 is 0 Å². The number of fused-ring (bicyclic) bond motifs is 2. The van der Waals surface area contributed by atoms with Crippen LogP contribution in [-0.2, 0) is 23.4 Å². The van der Waals surface area contributed by atoms with Gasteiger partial charge < -0.3 is 13.6 Å². The Balaban J connectivity index is 1.47. The lowest BCUT2D eigenvalue weighted by molar-refractivity contribution is 0.0339. The number of nitrogens with zero attached hydrogens (tertiary/aromatic N) is 5. The van der Waals surface area contributed by atoms with Crippen LogP contribution in [0.15, 0.2) is 45.8 Å². The van der Waals surface area contributed by atoms with Gasteiger partial charge in [-0.05, 0) is 31.0 Å². The Morgan fingerprint density at radius 2 is 2.10 bits per heavy atom. The third-order valence-electron chi connectivity index (χ3n) is 5.97. The minimum Gasteiger partial charge on any atom is -0.472 e. The molecule has 1 fully saturated rings. The van der Waals surface area contributed by atoms with E-state index in [1.54, 1.807) is 23.7 Å². The maximum absolute atomic E-state index is 12.3. The first-order valence-electron chi connectivity index (χ1n) is 9.73. The molecule has 3 aromatic rings. The second-order valence-electron chi connectivity index (χ2n) is 7.71. The topological polar surface area (TPSA) is 89.8 Å². The first kappa shape index (κ1) is 18.0. The summed E-state index contributed by atoms with van der Waals surface area (Å²) in [7, 11) is 1.41. The van der Waals surface area contributed by atoms with Gasteiger partial charge in [-0.25, -0.2) is 4.79 Å². The molecule has 1 saturated heterocycles. The van der Waals surface area contributed by atoms with Gasteiger partial charge in [-0.15, -0.1) is 10.2 Å². The molecule has 9 heteroatoms. The number of likely N-dealkylation sites (tertiary alicyclic amines) is 1. The van der Waals surface area contributed by atoms with Crippen LogP contribution in [0.5, 0.6) is 0 Å². The lowest BCUT2D eigenvalue weighted by atomic mass is 9.84. The summed E-state index contributed by atoms with van der Waals surface area (Å²) in [5.41, 5.74) is 0.877. The molecule has 0 unspecified atom stereocenters. The average Bonchev–Trinajstić information content (AvgIpc) is 3.50. The maximum atomic E-state index is 12.3. The number of hydrogen-bond acceptors (Lipinski definition) is 7. The van der Waals surface area contributed by atoms with Crippen LogP contribution in [0.2, 0.25) is 0 Å². The Kier molecular flexibility index (Phi) is 4.39. The fraction of sp³-hybridized carbons (Fsp3) is 0.450. The van der Waals surface area contributed by atoms with Crippen LogP contribution in [0.4, 0.5) is 4.79 Å². The molecule has 0 atom stereocenters. The van der Waals surface area contributed by atoms with Crippen molar-refractivity contribution in [2.24, 2.45) is 0 Å². The van der Waals surface area contributed by atoms with Crippen LogP contribution in [0.25, 0.3) is 11.6 Å². The van der Waals surface area contributed by atoms with Crippen LogP contribution in [0.3, 0.4) is 0 Å². The highest BCUT2D eigenvalue weighted by Crippen LogP contribution is 2.39. The van der Waals surface area contributed by atoms with Crippen molar-refractivity contribution in [1.82, 2.24) is 24.6 Å². The molecule has 2 aliphatic rings. The molecule has 1 spiro atoms. The number of aromatic nitrogens is 3. The van der Waals surface area contributed by atoms with Gasteiger partial charge in [-0.1, -0.05) is 0 Å². The normalized spacial score (nSPS) is 18.7. The molecule has 5 heterocycles. The number of methoxy groups -OCH3 is 1. The molecule has 29 heavy (non-hydrogen) atoms. The molecule has 3 aromatic heterocycles. The number of hydrogen-bond donors (Lipinski definition) is 0. The average molecular weight is 397 g/mol. The minimum absolute atomic E-state index is 0.291. The van der Waals surface area contributed by atoms with E-state index >= 15 is 0 Å². The number of ether oxygens (including phenoxy) is 1. The summed E-state index contributed by atoms with van der Waals surface area (Å²) in [4.78, 5) is 16.5. The van der Waals surface area contributed by atoms with Crippen LogP contribution < -0.4 is 0 Å². The highest BCUT2D eigenvalue weighted by molar-refractivity contribution is 5.68. The Morgan fingerprint density at radius 1 is 1.24 bits per heavy atom. The Morgan fingerprint density at radius 3 is 2.79 bits per heavy atom. The monoisotopic (exact) mass is 397 g/mol. The number of piperidine rings is 1. The summed E-state index contributed by atoms with van der Waals surface area (Å²) in [5.74, 6) is 2.17. The summed E-state index contributed by atoms with van der Waals surface area (Å²) in [5, 5.41) is 8.79. The van der Waals surface area contributed by atoms with Gasteiger partial charge in [0.25, 0.3) is 0 Å². The smallest absolute Gasteiger partial charge is 0.409 e. The molecule has 152 valence electrons. The van der Waals surface area contributed by atoms with Crippen molar-refractivity contribution in [2.75, 3.05) is 26.7 Å². The van der Waals surface area contributed by atoms with E-state index in [9.17, 15) is 4.79 Å². The van der Waals surface area contributed by atoms with E-state index in [0.29, 0.717) is 18.8 Å². The summed E-state index contributed by atoms with van der Waals surface area (Å²) in [6.07, 6.45) is 6.54. The largest absolute Gasteiger partial charge is 0.472 e. The minimum atomic E-state index is -0.334. The van der Waals surface area contributed by atoms with Crippen molar-refractivity contribution >= 4 is 6.09 Å².